The molecule has 2 aromatic rings. The van der Waals surface area contributed by atoms with E-state index in [-0.39, 0.29) is 5.69 Å². The van der Waals surface area contributed by atoms with Gasteiger partial charge in [0.15, 0.2) is 0 Å². The molecule has 7 heteroatoms. The lowest BCUT2D eigenvalue weighted by molar-refractivity contribution is -0.385. The second-order valence-electron chi connectivity index (χ2n) is 4.70. The summed E-state index contributed by atoms with van der Waals surface area (Å²) in [5, 5.41) is 16.7. The van der Waals surface area contributed by atoms with Crippen LogP contribution in [0.15, 0.2) is 42.5 Å². The van der Waals surface area contributed by atoms with Crippen molar-refractivity contribution in [2.45, 2.75) is 13.5 Å². The van der Waals surface area contributed by atoms with E-state index in [1.807, 2.05) is 6.07 Å². The number of halogens is 1. The van der Waals surface area contributed by atoms with Gasteiger partial charge in [-0.2, -0.15) is 0 Å². The summed E-state index contributed by atoms with van der Waals surface area (Å²) in [6.07, 6.45) is 0. The Morgan fingerprint density at radius 2 is 2.05 bits per heavy atom. The van der Waals surface area contributed by atoms with Crippen LogP contribution < -0.4 is 10.6 Å². The maximum atomic E-state index is 11.8. The molecule has 0 atom stereocenters. The largest absolute Gasteiger partial charge is 0.334 e. The van der Waals surface area contributed by atoms with Crippen molar-refractivity contribution in [1.82, 2.24) is 5.32 Å². The number of nitro benzene ring substituents is 1. The van der Waals surface area contributed by atoms with Crippen molar-refractivity contribution in [3.8, 4) is 0 Å². The van der Waals surface area contributed by atoms with Gasteiger partial charge in [-0.05, 0) is 36.8 Å². The Morgan fingerprint density at radius 1 is 1.27 bits per heavy atom. The van der Waals surface area contributed by atoms with Gasteiger partial charge in [0, 0.05) is 28.9 Å². The minimum absolute atomic E-state index is 0.0184. The van der Waals surface area contributed by atoms with Crippen LogP contribution in [0.4, 0.5) is 16.2 Å². The van der Waals surface area contributed by atoms with Crippen molar-refractivity contribution in [1.29, 1.82) is 0 Å². The van der Waals surface area contributed by atoms with Crippen LogP contribution in [-0.4, -0.2) is 11.0 Å². The molecule has 0 aliphatic carbocycles. The van der Waals surface area contributed by atoms with Gasteiger partial charge < -0.3 is 10.6 Å². The Bertz CT molecular complexity index is 719. The van der Waals surface area contributed by atoms with Gasteiger partial charge in [-0.1, -0.05) is 23.7 Å². The molecule has 0 aromatic heterocycles. The lowest BCUT2D eigenvalue weighted by Gasteiger charge is -2.08. The smallest absolute Gasteiger partial charge is 0.319 e. The van der Waals surface area contributed by atoms with E-state index in [4.69, 9.17) is 11.6 Å². The van der Waals surface area contributed by atoms with Gasteiger partial charge in [0.05, 0.1) is 4.92 Å². The van der Waals surface area contributed by atoms with E-state index in [0.29, 0.717) is 22.8 Å². The Hall–Kier alpha value is -2.60. The maximum Gasteiger partial charge on any atom is 0.319 e. The Labute approximate surface area is 132 Å². The molecule has 0 bridgehead atoms. The highest BCUT2D eigenvalue weighted by Crippen LogP contribution is 2.21. The summed E-state index contributed by atoms with van der Waals surface area (Å²) in [5.74, 6) is 0. The molecule has 2 N–H and O–H groups in total. The number of nitro groups is 1. The summed E-state index contributed by atoms with van der Waals surface area (Å²) in [4.78, 5) is 22.1. The summed E-state index contributed by atoms with van der Waals surface area (Å²) in [6, 6.07) is 11.2. The molecule has 0 unspecified atom stereocenters. The molecule has 0 saturated carbocycles. The molecular formula is C15H14ClN3O3. The topological polar surface area (TPSA) is 84.3 Å². The van der Waals surface area contributed by atoms with Crippen molar-refractivity contribution in [2.75, 3.05) is 5.32 Å². The number of anilines is 1. The van der Waals surface area contributed by atoms with Gasteiger partial charge in [0.1, 0.15) is 0 Å². The predicted molar refractivity (Wildman–Crippen MR) is 85.1 cm³/mol. The summed E-state index contributed by atoms with van der Waals surface area (Å²) in [5.41, 5.74) is 1.87. The van der Waals surface area contributed by atoms with Gasteiger partial charge in [-0.15, -0.1) is 0 Å². The minimum Gasteiger partial charge on any atom is -0.334 e. The highest BCUT2D eigenvalue weighted by Gasteiger charge is 2.11. The van der Waals surface area contributed by atoms with Gasteiger partial charge in [0.25, 0.3) is 5.69 Å². The summed E-state index contributed by atoms with van der Waals surface area (Å²) in [7, 11) is 0. The molecule has 2 aromatic carbocycles. The van der Waals surface area contributed by atoms with Crippen molar-refractivity contribution < 1.29 is 9.72 Å². The normalized spacial score (nSPS) is 10.1. The first kappa shape index (κ1) is 15.8. The third kappa shape index (κ3) is 4.20. The monoisotopic (exact) mass is 319 g/mol. The number of benzene rings is 2. The number of carbonyl (C=O) groups excluding carboxylic acids is 1. The van der Waals surface area contributed by atoms with Crippen LogP contribution in [0.3, 0.4) is 0 Å². The third-order valence-corrected chi connectivity index (χ3v) is 3.23. The third-order valence-electron chi connectivity index (χ3n) is 2.99. The van der Waals surface area contributed by atoms with Crippen molar-refractivity contribution in [3.05, 3.63) is 68.7 Å². The fourth-order valence-corrected chi connectivity index (χ4v) is 2.16. The molecular weight excluding hydrogens is 306 g/mol. The molecule has 2 rings (SSSR count). The number of urea groups is 1. The SMILES string of the molecule is Cc1cc(NC(=O)NCc2cccc(Cl)c2)ccc1[N+](=O)[O-]. The highest BCUT2D eigenvalue weighted by molar-refractivity contribution is 6.30. The lowest BCUT2D eigenvalue weighted by Crippen LogP contribution is -2.28. The number of hydrogen-bond donors (Lipinski definition) is 2. The number of carbonyl (C=O) groups is 1. The second kappa shape index (κ2) is 6.91. The first-order chi connectivity index (χ1) is 10.5. The molecule has 0 aliphatic heterocycles. The number of aryl methyl sites for hydroxylation is 1. The van der Waals surface area contributed by atoms with Gasteiger partial charge in [-0.3, -0.25) is 10.1 Å². The number of rotatable bonds is 4. The summed E-state index contributed by atoms with van der Waals surface area (Å²) >= 11 is 5.86. The molecule has 22 heavy (non-hydrogen) atoms. The first-order valence-corrected chi connectivity index (χ1v) is 6.88. The first-order valence-electron chi connectivity index (χ1n) is 6.50. The molecule has 0 radical (unpaired) electrons. The molecule has 114 valence electrons. The predicted octanol–water partition coefficient (Wildman–Crippen LogP) is 3.88. The van der Waals surface area contributed by atoms with Crippen molar-refractivity contribution >= 4 is 29.0 Å². The molecule has 0 fully saturated rings. The molecule has 0 heterocycles. The van der Waals surface area contributed by atoms with Crippen LogP contribution in [0, 0.1) is 17.0 Å². The van der Waals surface area contributed by atoms with Crippen molar-refractivity contribution in [3.63, 3.8) is 0 Å². The summed E-state index contributed by atoms with van der Waals surface area (Å²) in [6.45, 7) is 1.95. The van der Waals surface area contributed by atoms with Gasteiger partial charge in [-0.25, -0.2) is 4.79 Å². The molecule has 6 nitrogen and oxygen atoms in total. The zero-order chi connectivity index (χ0) is 16.1. The Kier molecular flexibility index (Phi) is 4.95. The fourth-order valence-electron chi connectivity index (χ4n) is 1.94. The quantitative estimate of drug-likeness (QED) is 0.662. The average Bonchev–Trinajstić information content (AvgIpc) is 2.45. The van der Waals surface area contributed by atoms with Crippen LogP contribution in [0.5, 0.6) is 0 Å². The van der Waals surface area contributed by atoms with Crippen LogP contribution in [0.1, 0.15) is 11.1 Å². The zero-order valence-corrected chi connectivity index (χ0v) is 12.6. The second-order valence-corrected chi connectivity index (χ2v) is 5.13. The standard InChI is InChI=1S/C15H14ClN3O3/c1-10-7-13(5-6-14(10)19(21)22)18-15(20)17-9-11-3-2-4-12(16)8-11/h2-8H,9H2,1H3,(H2,17,18,20). The average molecular weight is 320 g/mol. The Balaban J connectivity index is 1.95. The van der Waals surface area contributed by atoms with E-state index in [1.165, 1.54) is 12.1 Å². The molecule has 0 aliphatic rings. The van der Waals surface area contributed by atoms with E-state index >= 15 is 0 Å². The number of nitrogens with one attached hydrogen (secondary N) is 2. The number of amides is 2. The molecule has 0 saturated heterocycles. The molecule has 0 spiro atoms. The van der Waals surface area contributed by atoms with E-state index < -0.39 is 11.0 Å². The number of hydrogen-bond acceptors (Lipinski definition) is 3. The van der Waals surface area contributed by atoms with E-state index in [1.54, 1.807) is 31.2 Å². The summed E-state index contributed by atoms with van der Waals surface area (Å²) < 4.78 is 0. The van der Waals surface area contributed by atoms with Gasteiger partial charge >= 0.3 is 6.03 Å². The van der Waals surface area contributed by atoms with Crippen LogP contribution in [0.25, 0.3) is 0 Å². The Morgan fingerprint density at radius 3 is 2.68 bits per heavy atom. The minimum atomic E-state index is -0.460. The van der Waals surface area contributed by atoms with Gasteiger partial charge in [0.2, 0.25) is 0 Å². The zero-order valence-electron chi connectivity index (χ0n) is 11.8. The number of nitrogens with zero attached hydrogens (tertiary/aromatic N) is 1. The fraction of sp³-hybridized carbons (Fsp3) is 0.133. The lowest BCUT2D eigenvalue weighted by atomic mass is 10.2. The van der Waals surface area contributed by atoms with Crippen LogP contribution in [-0.2, 0) is 6.54 Å². The van der Waals surface area contributed by atoms with Crippen molar-refractivity contribution in [2.24, 2.45) is 0 Å². The highest BCUT2D eigenvalue weighted by atomic mass is 35.5. The molecule has 2 amide bonds. The van der Waals surface area contributed by atoms with E-state index in [9.17, 15) is 14.9 Å². The van der Waals surface area contributed by atoms with Crippen LogP contribution in [0.2, 0.25) is 5.02 Å². The van der Waals surface area contributed by atoms with Crippen LogP contribution >= 0.6 is 11.6 Å². The maximum absolute atomic E-state index is 11.8. The van der Waals surface area contributed by atoms with E-state index in [0.717, 1.165) is 5.56 Å². The van der Waals surface area contributed by atoms with E-state index in [2.05, 4.69) is 10.6 Å².